The standard InChI is InChI=1S/C17H20BrN3O4/c18-17-6-9-3-10(7-17)5-11(4-9)15(17)16(25)19-12-1-2-13(22)21(20-12)8-14(23)24/h1-2,9-11,15H,3-8H2,(H,23,24)(H,19,20,25). The van der Waals surface area contributed by atoms with Gasteiger partial charge in [0.2, 0.25) is 5.91 Å². The van der Waals surface area contributed by atoms with Crippen LogP contribution in [0.2, 0.25) is 0 Å². The first-order valence-corrected chi connectivity index (χ1v) is 9.43. The predicted octanol–water partition coefficient (Wildman–Crippen LogP) is 1.86. The number of nitrogens with zero attached hydrogens (tertiary/aromatic N) is 2. The Balaban J connectivity index is 1.54. The summed E-state index contributed by atoms with van der Waals surface area (Å²) in [6, 6.07) is 2.65. The summed E-state index contributed by atoms with van der Waals surface area (Å²) in [6.07, 6.45) is 5.57. The Kier molecular flexibility index (Phi) is 3.97. The largest absolute Gasteiger partial charge is 0.480 e. The van der Waals surface area contributed by atoms with Gasteiger partial charge in [-0.2, -0.15) is 5.10 Å². The summed E-state index contributed by atoms with van der Waals surface area (Å²) in [5.41, 5.74) is -0.507. The highest BCUT2D eigenvalue weighted by molar-refractivity contribution is 9.10. The van der Waals surface area contributed by atoms with Crippen LogP contribution in [0.15, 0.2) is 16.9 Å². The number of anilines is 1. The highest BCUT2D eigenvalue weighted by Crippen LogP contribution is 2.62. The Bertz CT molecular complexity index is 778. The lowest BCUT2D eigenvalue weighted by Crippen LogP contribution is -2.57. The summed E-state index contributed by atoms with van der Waals surface area (Å²) in [5, 5.41) is 15.6. The molecule has 3 atom stereocenters. The van der Waals surface area contributed by atoms with Crippen LogP contribution in [0, 0.1) is 23.7 Å². The Hall–Kier alpha value is -1.70. The van der Waals surface area contributed by atoms with Gasteiger partial charge in [0.1, 0.15) is 6.54 Å². The minimum atomic E-state index is -1.15. The molecule has 0 aromatic carbocycles. The smallest absolute Gasteiger partial charge is 0.325 e. The van der Waals surface area contributed by atoms with Crippen LogP contribution < -0.4 is 10.9 Å². The van der Waals surface area contributed by atoms with Crippen molar-refractivity contribution >= 4 is 33.6 Å². The van der Waals surface area contributed by atoms with Crippen molar-refractivity contribution in [1.29, 1.82) is 0 Å². The Labute approximate surface area is 152 Å². The second-order valence-corrected chi connectivity index (χ2v) is 9.30. The minimum Gasteiger partial charge on any atom is -0.480 e. The van der Waals surface area contributed by atoms with E-state index < -0.39 is 18.1 Å². The number of carboxylic acid groups (broad SMARTS) is 1. The van der Waals surface area contributed by atoms with E-state index >= 15 is 0 Å². The van der Waals surface area contributed by atoms with Crippen LogP contribution in [0.1, 0.15) is 32.1 Å². The van der Waals surface area contributed by atoms with E-state index in [0.717, 1.165) is 42.2 Å². The van der Waals surface area contributed by atoms with Crippen molar-refractivity contribution in [3.8, 4) is 0 Å². The van der Waals surface area contributed by atoms with E-state index in [9.17, 15) is 14.4 Å². The van der Waals surface area contributed by atoms with Gasteiger partial charge in [-0.15, -0.1) is 0 Å². The molecular formula is C17H20BrN3O4. The van der Waals surface area contributed by atoms with Crippen LogP contribution in [-0.2, 0) is 16.1 Å². The van der Waals surface area contributed by atoms with Crippen molar-refractivity contribution < 1.29 is 14.7 Å². The van der Waals surface area contributed by atoms with Crippen LogP contribution in [0.4, 0.5) is 5.82 Å². The van der Waals surface area contributed by atoms with Gasteiger partial charge in [0.25, 0.3) is 5.56 Å². The number of aliphatic carboxylic acids is 1. The molecule has 7 nitrogen and oxygen atoms in total. The van der Waals surface area contributed by atoms with Crippen molar-refractivity contribution in [3.05, 3.63) is 22.5 Å². The molecule has 0 spiro atoms. The monoisotopic (exact) mass is 409 g/mol. The van der Waals surface area contributed by atoms with E-state index in [-0.39, 0.29) is 22.0 Å². The van der Waals surface area contributed by atoms with E-state index in [1.165, 1.54) is 18.6 Å². The van der Waals surface area contributed by atoms with Crippen LogP contribution >= 0.6 is 15.9 Å². The van der Waals surface area contributed by atoms with Crippen molar-refractivity contribution in [2.75, 3.05) is 5.32 Å². The fourth-order valence-corrected chi connectivity index (χ4v) is 6.85. The summed E-state index contributed by atoms with van der Waals surface area (Å²) < 4.78 is 0.708. The molecule has 2 N–H and O–H groups in total. The average Bonchev–Trinajstić information content (AvgIpc) is 2.48. The van der Waals surface area contributed by atoms with Gasteiger partial charge in [0.05, 0.1) is 5.92 Å². The lowest BCUT2D eigenvalue weighted by atomic mass is 9.51. The first-order valence-electron chi connectivity index (χ1n) is 8.64. The van der Waals surface area contributed by atoms with Gasteiger partial charge in [-0.05, 0) is 55.9 Å². The number of hydrogen-bond donors (Lipinski definition) is 2. The van der Waals surface area contributed by atoms with Gasteiger partial charge in [-0.25, -0.2) is 4.68 Å². The summed E-state index contributed by atoms with van der Waals surface area (Å²) in [7, 11) is 0. The van der Waals surface area contributed by atoms with Crippen LogP contribution in [0.3, 0.4) is 0 Å². The summed E-state index contributed by atoms with van der Waals surface area (Å²) in [4.78, 5) is 35.4. The number of carbonyl (C=O) groups excluding carboxylic acids is 1. The number of rotatable bonds is 4. The molecule has 8 heteroatoms. The predicted molar refractivity (Wildman–Crippen MR) is 93.5 cm³/mol. The zero-order valence-electron chi connectivity index (χ0n) is 13.7. The first-order chi connectivity index (χ1) is 11.8. The van der Waals surface area contributed by atoms with E-state index in [0.29, 0.717) is 5.92 Å². The minimum absolute atomic E-state index is 0.0892. The molecule has 1 aromatic heterocycles. The van der Waals surface area contributed by atoms with Crippen molar-refractivity contribution in [2.24, 2.45) is 23.7 Å². The van der Waals surface area contributed by atoms with Gasteiger partial charge in [0, 0.05) is 10.4 Å². The van der Waals surface area contributed by atoms with Gasteiger partial charge in [-0.3, -0.25) is 14.4 Å². The molecule has 5 rings (SSSR count). The number of alkyl halides is 1. The zero-order chi connectivity index (χ0) is 17.8. The molecule has 0 radical (unpaired) electrons. The molecule has 4 aliphatic carbocycles. The fraction of sp³-hybridized carbons (Fsp3) is 0.647. The van der Waals surface area contributed by atoms with Crippen molar-refractivity contribution in [3.63, 3.8) is 0 Å². The number of hydrogen-bond acceptors (Lipinski definition) is 4. The highest BCUT2D eigenvalue weighted by atomic mass is 79.9. The van der Waals surface area contributed by atoms with Crippen molar-refractivity contribution in [2.45, 2.75) is 43.0 Å². The molecule has 1 aromatic rings. The third-order valence-corrected chi connectivity index (χ3v) is 7.05. The molecular weight excluding hydrogens is 390 g/mol. The summed E-state index contributed by atoms with van der Waals surface area (Å²) in [6.45, 7) is -0.527. The molecule has 0 saturated heterocycles. The average molecular weight is 410 g/mol. The fourth-order valence-electron chi connectivity index (χ4n) is 5.35. The lowest BCUT2D eigenvalue weighted by molar-refractivity contribution is -0.138. The molecule has 3 unspecified atom stereocenters. The lowest BCUT2D eigenvalue weighted by Gasteiger charge is -2.58. The SMILES string of the molecule is O=C(O)Cn1nc(NC(=O)C2C3CC4CC(C3)CC2(Br)C4)ccc1=O. The molecule has 4 fully saturated rings. The van der Waals surface area contributed by atoms with Gasteiger partial charge < -0.3 is 10.4 Å². The Morgan fingerprint density at radius 2 is 1.96 bits per heavy atom. The van der Waals surface area contributed by atoms with Gasteiger partial charge in [0.15, 0.2) is 5.82 Å². The maximum atomic E-state index is 12.9. The highest BCUT2D eigenvalue weighted by Gasteiger charge is 2.58. The third-order valence-electron chi connectivity index (χ3n) is 5.91. The maximum Gasteiger partial charge on any atom is 0.325 e. The number of halogens is 1. The number of carbonyl (C=O) groups is 2. The molecule has 1 amide bonds. The Morgan fingerprint density at radius 3 is 2.56 bits per heavy atom. The first kappa shape index (κ1) is 16.8. The molecule has 134 valence electrons. The second-order valence-electron chi connectivity index (χ2n) is 7.72. The summed E-state index contributed by atoms with van der Waals surface area (Å²) >= 11 is 3.88. The van der Waals surface area contributed by atoms with Gasteiger partial charge in [-0.1, -0.05) is 15.9 Å². The number of amides is 1. The van der Waals surface area contributed by atoms with E-state index in [1.54, 1.807) is 0 Å². The molecule has 4 saturated carbocycles. The molecule has 0 aliphatic heterocycles. The van der Waals surface area contributed by atoms with Crippen molar-refractivity contribution in [1.82, 2.24) is 9.78 Å². The van der Waals surface area contributed by atoms with Gasteiger partial charge >= 0.3 is 5.97 Å². The van der Waals surface area contributed by atoms with Crippen LogP contribution in [-0.4, -0.2) is 31.1 Å². The van der Waals surface area contributed by atoms with E-state index in [4.69, 9.17) is 5.11 Å². The Morgan fingerprint density at radius 1 is 1.28 bits per heavy atom. The maximum absolute atomic E-state index is 12.9. The molecule has 1 heterocycles. The number of nitrogens with one attached hydrogen (secondary N) is 1. The van der Waals surface area contributed by atoms with Crippen LogP contribution in [0.5, 0.6) is 0 Å². The molecule has 25 heavy (non-hydrogen) atoms. The quantitative estimate of drug-likeness (QED) is 0.738. The zero-order valence-corrected chi connectivity index (χ0v) is 15.2. The third kappa shape index (κ3) is 3.01. The topological polar surface area (TPSA) is 101 Å². The number of carboxylic acids is 1. The van der Waals surface area contributed by atoms with Crippen LogP contribution in [0.25, 0.3) is 0 Å². The second kappa shape index (κ2) is 5.93. The summed E-state index contributed by atoms with van der Waals surface area (Å²) in [5.74, 6) is 0.688. The molecule has 4 aliphatic rings. The van der Waals surface area contributed by atoms with E-state index in [1.807, 2.05) is 0 Å². The molecule has 4 bridgehead atoms. The van der Waals surface area contributed by atoms with E-state index in [2.05, 4.69) is 26.3 Å². The normalized spacial score (nSPS) is 35.6. The number of aromatic nitrogens is 2.